The number of aryl methyl sites for hydroxylation is 1. The van der Waals surface area contributed by atoms with Crippen LogP contribution in [0, 0.1) is 11.8 Å². The predicted molar refractivity (Wildman–Crippen MR) is 150 cm³/mol. The van der Waals surface area contributed by atoms with Gasteiger partial charge in [0.25, 0.3) is 0 Å². The van der Waals surface area contributed by atoms with Crippen molar-refractivity contribution in [3.05, 3.63) is 60.2 Å². The number of benzene rings is 1. The standard InChI is InChI=1S/C30H44ClNO6/c1-2-32-29(35)15-9-4-3-8-14-25-26(19-18-24(33)17-16-23-12-6-5-7-13-23)28(22-27(25)34)38-30(36)37-21-11-10-20-31/h3,5-8,12-13,18-19,24-28,33-34H,2,4,9-11,14-17,20-22H2,1H3,(H,32,35)/t24-,25+,26+,27?,28?/m0/s1. The molecule has 0 saturated heterocycles. The van der Waals surface area contributed by atoms with E-state index in [4.69, 9.17) is 21.1 Å². The van der Waals surface area contributed by atoms with Gasteiger partial charge in [-0.05, 0) is 63.4 Å². The number of ether oxygens (including phenoxy) is 2. The van der Waals surface area contributed by atoms with E-state index in [9.17, 15) is 19.8 Å². The van der Waals surface area contributed by atoms with E-state index in [0.29, 0.717) is 44.5 Å². The first-order valence-electron chi connectivity index (χ1n) is 13.8. The van der Waals surface area contributed by atoms with Crippen molar-refractivity contribution in [1.82, 2.24) is 5.32 Å². The van der Waals surface area contributed by atoms with E-state index in [1.165, 1.54) is 0 Å². The number of amides is 1. The molecule has 1 aromatic rings. The lowest BCUT2D eigenvalue weighted by Gasteiger charge is -2.22. The van der Waals surface area contributed by atoms with Gasteiger partial charge in [0.05, 0.1) is 18.8 Å². The van der Waals surface area contributed by atoms with Gasteiger partial charge in [-0.15, -0.1) is 11.6 Å². The molecule has 2 rings (SSSR count). The zero-order valence-corrected chi connectivity index (χ0v) is 23.2. The summed E-state index contributed by atoms with van der Waals surface area (Å²) in [6.45, 7) is 2.77. The van der Waals surface area contributed by atoms with Crippen LogP contribution in [-0.2, 0) is 20.7 Å². The number of hydrogen-bond donors (Lipinski definition) is 3. The minimum atomic E-state index is -0.749. The summed E-state index contributed by atoms with van der Waals surface area (Å²) in [5, 5.41) is 24.2. The van der Waals surface area contributed by atoms with Gasteiger partial charge in [-0.25, -0.2) is 4.79 Å². The normalized spacial score (nSPS) is 22.1. The molecule has 0 aromatic heterocycles. The van der Waals surface area contributed by atoms with Gasteiger partial charge in [-0.2, -0.15) is 0 Å². The Morgan fingerprint density at radius 2 is 1.97 bits per heavy atom. The van der Waals surface area contributed by atoms with Gasteiger partial charge in [-0.3, -0.25) is 4.79 Å². The Hall–Kier alpha value is -2.35. The molecule has 1 fully saturated rings. The van der Waals surface area contributed by atoms with Crippen LogP contribution < -0.4 is 5.32 Å². The lowest BCUT2D eigenvalue weighted by Crippen LogP contribution is -2.25. The summed E-state index contributed by atoms with van der Waals surface area (Å²) in [6.07, 6.45) is 10.7. The van der Waals surface area contributed by atoms with E-state index in [0.717, 1.165) is 31.2 Å². The Morgan fingerprint density at radius 3 is 2.71 bits per heavy atom. The molecule has 8 heteroatoms. The van der Waals surface area contributed by atoms with E-state index in [2.05, 4.69) is 5.32 Å². The zero-order chi connectivity index (χ0) is 27.6. The Balaban J connectivity index is 1.96. The van der Waals surface area contributed by atoms with Crippen LogP contribution in [0.3, 0.4) is 0 Å². The SMILES string of the molecule is CCNC(=O)CCCC=CC[C@H]1C(O)CC(OC(=O)OCCCCCl)[C@@H]1C=C[C@@H](O)CCc1ccccc1. The molecule has 7 nitrogen and oxygen atoms in total. The summed E-state index contributed by atoms with van der Waals surface area (Å²) in [5.74, 6) is 0.138. The number of nitrogens with one attached hydrogen (secondary N) is 1. The molecule has 1 amide bonds. The first-order chi connectivity index (χ1) is 18.4. The first kappa shape index (κ1) is 31.9. The summed E-state index contributed by atoms with van der Waals surface area (Å²) in [6, 6.07) is 9.99. The highest BCUT2D eigenvalue weighted by Crippen LogP contribution is 2.38. The van der Waals surface area contributed by atoms with Gasteiger partial charge in [0.1, 0.15) is 6.10 Å². The van der Waals surface area contributed by atoms with E-state index < -0.39 is 24.5 Å². The van der Waals surface area contributed by atoms with E-state index in [1.54, 1.807) is 6.08 Å². The van der Waals surface area contributed by atoms with Crippen molar-refractivity contribution in [2.45, 2.75) is 83.0 Å². The van der Waals surface area contributed by atoms with Crippen molar-refractivity contribution in [3.63, 3.8) is 0 Å². The number of halogens is 1. The quantitative estimate of drug-likeness (QED) is 0.105. The molecule has 0 aliphatic heterocycles. The van der Waals surface area contributed by atoms with Crippen molar-refractivity contribution >= 4 is 23.7 Å². The summed E-state index contributed by atoms with van der Waals surface area (Å²) in [4.78, 5) is 23.9. The molecule has 2 unspecified atom stereocenters. The van der Waals surface area contributed by atoms with E-state index in [1.807, 2.05) is 55.5 Å². The lowest BCUT2D eigenvalue weighted by molar-refractivity contribution is -0.121. The third kappa shape index (κ3) is 12.5. The maximum atomic E-state index is 12.3. The molecule has 38 heavy (non-hydrogen) atoms. The molecule has 1 saturated carbocycles. The maximum Gasteiger partial charge on any atom is 0.508 e. The molecule has 0 radical (unpaired) electrons. The third-order valence-electron chi connectivity index (χ3n) is 6.74. The maximum absolute atomic E-state index is 12.3. The molecule has 3 N–H and O–H groups in total. The monoisotopic (exact) mass is 549 g/mol. The Kier molecular flexibility index (Phi) is 15.8. The number of carbonyl (C=O) groups is 2. The fourth-order valence-electron chi connectivity index (χ4n) is 4.67. The number of alkyl halides is 1. The molecule has 5 atom stereocenters. The van der Waals surface area contributed by atoms with E-state index in [-0.39, 0.29) is 24.3 Å². The fraction of sp³-hybridized carbons (Fsp3) is 0.600. The smallest absolute Gasteiger partial charge is 0.434 e. The minimum Gasteiger partial charge on any atom is -0.434 e. The number of unbranched alkanes of at least 4 members (excludes halogenated alkanes) is 2. The number of aliphatic hydroxyl groups excluding tert-OH is 2. The highest BCUT2D eigenvalue weighted by molar-refractivity contribution is 6.17. The van der Waals surface area contributed by atoms with Gasteiger partial charge in [0.2, 0.25) is 5.91 Å². The van der Waals surface area contributed by atoms with Crippen molar-refractivity contribution in [2.75, 3.05) is 19.0 Å². The van der Waals surface area contributed by atoms with Crippen LogP contribution in [0.5, 0.6) is 0 Å². The van der Waals surface area contributed by atoms with Crippen LogP contribution in [0.25, 0.3) is 0 Å². The second kappa shape index (κ2) is 18.8. The molecule has 0 heterocycles. The van der Waals surface area contributed by atoms with Crippen molar-refractivity contribution in [1.29, 1.82) is 0 Å². The molecule has 1 aromatic carbocycles. The highest BCUT2D eigenvalue weighted by Gasteiger charge is 2.43. The van der Waals surface area contributed by atoms with Crippen LogP contribution in [0.2, 0.25) is 0 Å². The van der Waals surface area contributed by atoms with Gasteiger partial charge in [0.15, 0.2) is 0 Å². The molecular formula is C30H44ClNO6. The van der Waals surface area contributed by atoms with Crippen molar-refractivity contribution < 1.29 is 29.3 Å². The first-order valence-corrected chi connectivity index (χ1v) is 14.4. The number of aliphatic hydroxyl groups is 2. The van der Waals surface area contributed by atoms with Crippen LogP contribution in [0.1, 0.15) is 63.9 Å². The summed E-state index contributed by atoms with van der Waals surface area (Å²) in [5.41, 5.74) is 1.16. The Bertz CT molecular complexity index is 862. The number of carbonyl (C=O) groups excluding carboxylic acids is 2. The van der Waals surface area contributed by atoms with Crippen LogP contribution in [0.4, 0.5) is 4.79 Å². The molecule has 0 bridgehead atoms. The second-order valence-corrected chi connectivity index (χ2v) is 10.1. The molecule has 1 aliphatic carbocycles. The molecule has 0 spiro atoms. The van der Waals surface area contributed by atoms with Crippen LogP contribution in [0.15, 0.2) is 54.6 Å². The largest absolute Gasteiger partial charge is 0.508 e. The van der Waals surface area contributed by atoms with E-state index >= 15 is 0 Å². The zero-order valence-electron chi connectivity index (χ0n) is 22.5. The summed E-state index contributed by atoms with van der Waals surface area (Å²) < 4.78 is 10.8. The molecule has 212 valence electrons. The topological polar surface area (TPSA) is 105 Å². The van der Waals surface area contributed by atoms with Gasteiger partial charge in [0, 0.05) is 31.2 Å². The summed E-state index contributed by atoms with van der Waals surface area (Å²) >= 11 is 5.67. The number of hydrogen-bond acceptors (Lipinski definition) is 6. The van der Waals surface area contributed by atoms with Gasteiger partial charge >= 0.3 is 6.16 Å². The second-order valence-electron chi connectivity index (χ2n) is 9.72. The molecular weight excluding hydrogens is 506 g/mol. The van der Waals surface area contributed by atoms with Crippen molar-refractivity contribution in [3.8, 4) is 0 Å². The average Bonchev–Trinajstić information content (AvgIpc) is 3.20. The highest BCUT2D eigenvalue weighted by atomic mass is 35.5. The number of rotatable bonds is 17. The van der Waals surface area contributed by atoms with Gasteiger partial charge in [-0.1, -0.05) is 54.6 Å². The fourth-order valence-corrected chi connectivity index (χ4v) is 4.86. The van der Waals surface area contributed by atoms with Crippen LogP contribution >= 0.6 is 11.6 Å². The minimum absolute atomic E-state index is 0.0534. The lowest BCUT2D eigenvalue weighted by atomic mass is 9.89. The molecule has 1 aliphatic rings. The third-order valence-corrected chi connectivity index (χ3v) is 7.01. The summed E-state index contributed by atoms with van der Waals surface area (Å²) in [7, 11) is 0. The van der Waals surface area contributed by atoms with Crippen molar-refractivity contribution in [2.24, 2.45) is 11.8 Å². The predicted octanol–water partition coefficient (Wildman–Crippen LogP) is 5.33. The Labute approximate surface area is 232 Å². The Morgan fingerprint density at radius 1 is 1.18 bits per heavy atom. The van der Waals surface area contributed by atoms with Gasteiger partial charge < -0.3 is 25.0 Å². The number of allylic oxidation sites excluding steroid dienone is 2. The van der Waals surface area contributed by atoms with Crippen LogP contribution in [-0.4, -0.2) is 59.6 Å². The average molecular weight is 550 g/mol.